The smallest absolute Gasteiger partial charge is 0.317 e. The van der Waals surface area contributed by atoms with E-state index in [1.807, 2.05) is 85.5 Å². The number of amides is 3. The fraction of sp³-hybridized carbons (Fsp3) is 0.448. The van der Waals surface area contributed by atoms with Gasteiger partial charge < -0.3 is 46.5 Å². The van der Waals surface area contributed by atoms with Gasteiger partial charge in [0.2, 0.25) is 17.7 Å². The van der Waals surface area contributed by atoms with Crippen molar-refractivity contribution in [1.29, 1.82) is 0 Å². The molecule has 0 spiro atoms. The molecule has 8 N–H and O–H groups in total. The topological polar surface area (TPSA) is 291 Å². The molecule has 0 saturated heterocycles. The first-order valence-corrected chi connectivity index (χ1v) is 26.9. The molecular weight excluding hydrogens is 1030 g/mol. The maximum atomic E-state index is 14.0. The summed E-state index contributed by atoms with van der Waals surface area (Å²) < 4.78 is 5.27. The number of thiocarbonyl (C=S) groups is 1. The number of ketones is 2. The number of primary amides is 1. The fourth-order valence-electron chi connectivity index (χ4n) is 9.47. The first kappa shape index (κ1) is 62.4. The van der Waals surface area contributed by atoms with E-state index in [-0.39, 0.29) is 120 Å². The normalized spacial score (nSPS) is 15.9. The van der Waals surface area contributed by atoms with Crippen LogP contribution < -0.4 is 21.7 Å². The average molecular weight is 1110 g/mol. The van der Waals surface area contributed by atoms with Crippen LogP contribution in [0.4, 0.5) is 0 Å². The molecule has 1 aliphatic rings. The first-order chi connectivity index (χ1) is 37.8. The van der Waals surface area contributed by atoms with E-state index in [1.54, 1.807) is 21.9 Å². The number of aromatic nitrogens is 1. The second kappa shape index (κ2) is 31.8. The first-order valence-electron chi connectivity index (χ1n) is 26.5. The number of hydrogen-bond acceptors (Lipinski definition) is 15. The van der Waals surface area contributed by atoms with Crippen molar-refractivity contribution in [2.75, 3.05) is 39.5 Å². The van der Waals surface area contributed by atoms with Crippen molar-refractivity contribution < 1.29 is 58.4 Å². The number of ether oxygens (including phenoxy) is 1. The van der Waals surface area contributed by atoms with Crippen LogP contribution in [0.3, 0.4) is 0 Å². The largest absolute Gasteiger partial charge is 0.508 e. The SMILES string of the molecule is CCC(C)[C@H](NC(=O)[C@@H](CC(C)=O)Cc1ccc(O)cc1)C(=O)C[C@@H](CCC(N)=O)C(=O)NCc1ccc(CNC(=S)Cc2ccc(C[C@H]3CN(CC(=O)O)CCN(CC(=O)O)Cc4cccc(n4)CN3COC=O)cc2)cc1. The van der Waals surface area contributed by atoms with Gasteiger partial charge in [0.05, 0.1) is 35.5 Å². The second-order valence-electron chi connectivity index (χ2n) is 20.4. The zero-order chi connectivity index (χ0) is 57.4. The number of Topliss-reactive ketones (excluding diaryl/α,β-unsaturated/α-hetero) is 2. The van der Waals surface area contributed by atoms with Crippen molar-refractivity contribution in [3.05, 3.63) is 130 Å². The summed E-state index contributed by atoms with van der Waals surface area (Å²) in [5.41, 5.74) is 11.2. The van der Waals surface area contributed by atoms with Crippen molar-refractivity contribution in [2.45, 2.75) is 110 Å². The summed E-state index contributed by atoms with van der Waals surface area (Å²) in [5, 5.41) is 38.3. The standard InChI is InChI=1S/C58H74N8O12S/c1-4-38(2)56(63-58(77)46(24-39(3)68)25-40-16-19-50(69)20-17-40)51(70)28-45(18-21-52(59)71)57(76)61-30-44-14-12-43(13-15-44)29-60-53(79)27-42-10-8-41(9-11-42)26-49-33-65(35-55(74)75)23-22-64(34-54(72)73)31-47-6-5-7-48(62-47)32-66(49)36-78-37-67/h5-17,19-20,37-38,45-46,49,56,69H,4,18,21-36H2,1-3H3,(H2,59,71)(H,60,79)(H,61,76)(H,63,77)(H,72,73)(H,74,75)/t38?,45-,46+,49+,56+/m1/s1. The predicted molar refractivity (Wildman–Crippen MR) is 298 cm³/mol. The van der Waals surface area contributed by atoms with Gasteiger partial charge >= 0.3 is 11.9 Å². The lowest BCUT2D eigenvalue weighted by Gasteiger charge is -2.36. The van der Waals surface area contributed by atoms with E-state index < -0.39 is 47.5 Å². The van der Waals surface area contributed by atoms with Crippen molar-refractivity contribution >= 4 is 64.9 Å². The van der Waals surface area contributed by atoms with Crippen LogP contribution in [-0.2, 0) is 88.5 Å². The van der Waals surface area contributed by atoms with Crippen LogP contribution in [0.15, 0.2) is 91.0 Å². The van der Waals surface area contributed by atoms with Crippen LogP contribution in [0, 0.1) is 17.8 Å². The highest BCUT2D eigenvalue weighted by atomic mass is 32.1. The Morgan fingerprint density at radius 1 is 0.772 bits per heavy atom. The molecule has 0 aliphatic carbocycles. The molecule has 1 aliphatic heterocycles. The Morgan fingerprint density at radius 2 is 1.35 bits per heavy atom. The van der Waals surface area contributed by atoms with E-state index in [2.05, 4.69) is 16.0 Å². The minimum absolute atomic E-state index is 0.0248. The lowest BCUT2D eigenvalue weighted by molar-refractivity contribution is -0.140. The lowest BCUT2D eigenvalue weighted by Crippen LogP contribution is -2.49. The lowest BCUT2D eigenvalue weighted by atomic mass is 9.86. The summed E-state index contributed by atoms with van der Waals surface area (Å²) in [7, 11) is 0. The molecule has 79 heavy (non-hydrogen) atoms. The number of carboxylic acids is 2. The molecule has 5 atom stereocenters. The van der Waals surface area contributed by atoms with Crippen LogP contribution in [0.2, 0.25) is 0 Å². The van der Waals surface area contributed by atoms with E-state index in [9.17, 15) is 53.7 Å². The van der Waals surface area contributed by atoms with Gasteiger partial charge in [-0.25, -0.2) is 0 Å². The number of nitrogens with zero attached hydrogens (tertiary/aromatic N) is 4. The van der Waals surface area contributed by atoms with Crippen LogP contribution in [0.25, 0.3) is 0 Å². The number of pyridine rings is 1. The van der Waals surface area contributed by atoms with Crippen molar-refractivity contribution in [2.24, 2.45) is 23.5 Å². The highest BCUT2D eigenvalue weighted by Crippen LogP contribution is 2.23. The number of benzene rings is 3. The van der Waals surface area contributed by atoms with E-state index in [0.29, 0.717) is 48.7 Å². The molecular formula is C58H74N8O12S. The molecule has 3 amide bonds. The predicted octanol–water partition coefficient (Wildman–Crippen LogP) is 4.10. The Labute approximate surface area is 466 Å². The number of nitrogens with one attached hydrogen (secondary N) is 3. The second-order valence-corrected chi connectivity index (χ2v) is 20.9. The average Bonchev–Trinajstić information content (AvgIpc) is 3.42. The Balaban J connectivity index is 1.17. The van der Waals surface area contributed by atoms with Gasteiger partial charge in [-0.1, -0.05) is 99.2 Å². The van der Waals surface area contributed by atoms with E-state index in [4.69, 9.17) is 27.7 Å². The number of fused-ring (bicyclic) bond motifs is 2. The molecule has 1 aromatic heterocycles. The number of carbonyl (C=O) groups is 8. The molecule has 0 fully saturated rings. The quantitative estimate of drug-likeness (QED) is 0.0286. The Hall–Kier alpha value is -7.46. The molecule has 2 heterocycles. The van der Waals surface area contributed by atoms with Crippen molar-refractivity contribution in [3.63, 3.8) is 0 Å². The van der Waals surface area contributed by atoms with E-state index in [0.717, 1.165) is 27.8 Å². The number of rotatable bonds is 30. The zero-order valence-electron chi connectivity index (χ0n) is 45.1. The van der Waals surface area contributed by atoms with Crippen LogP contribution in [0.5, 0.6) is 5.75 Å². The summed E-state index contributed by atoms with van der Waals surface area (Å²) in [6.07, 6.45) is 1.26. The van der Waals surface area contributed by atoms with Gasteiger partial charge in [0, 0.05) is 89.4 Å². The van der Waals surface area contributed by atoms with Crippen LogP contribution in [0.1, 0.15) is 92.1 Å². The number of aliphatic carboxylic acids is 2. The third kappa shape index (κ3) is 22.1. The molecule has 424 valence electrons. The van der Waals surface area contributed by atoms with E-state index in [1.165, 1.54) is 19.1 Å². The highest BCUT2D eigenvalue weighted by molar-refractivity contribution is 7.80. The minimum atomic E-state index is -1.03. The molecule has 2 bridgehead atoms. The van der Waals surface area contributed by atoms with Crippen LogP contribution >= 0.6 is 12.2 Å². The highest BCUT2D eigenvalue weighted by Gasteiger charge is 2.33. The molecule has 0 radical (unpaired) electrons. The van der Waals surface area contributed by atoms with Gasteiger partial charge in [-0.2, -0.15) is 0 Å². The fourth-order valence-corrected chi connectivity index (χ4v) is 9.71. The van der Waals surface area contributed by atoms with Gasteiger partial charge in [-0.15, -0.1) is 0 Å². The summed E-state index contributed by atoms with van der Waals surface area (Å²) in [6, 6.07) is 26.0. The number of carboxylic acid groups (broad SMARTS) is 2. The van der Waals surface area contributed by atoms with Crippen molar-refractivity contribution in [1.82, 2.24) is 35.6 Å². The summed E-state index contributed by atoms with van der Waals surface area (Å²) in [6.45, 7) is 6.87. The van der Waals surface area contributed by atoms with Gasteiger partial charge in [0.1, 0.15) is 18.3 Å². The molecule has 20 nitrogen and oxygen atoms in total. The molecule has 1 unspecified atom stereocenters. The summed E-state index contributed by atoms with van der Waals surface area (Å²) in [5.74, 6) is -6.06. The summed E-state index contributed by atoms with van der Waals surface area (Å²) >= 11 is 5.73. The molecule has 3 aromatic carbocycles. The van der Waals surface area contributed by atoms with E-state index >= 15 is 0 Å². The zero-order valence-corrected chi connectivity index (χ0v) is 46.0. The molecule has 0 saturated carbocycles. The van der Waals surface area contributed by atoms with Gasteiger partial charge in [0.15, 0.2) is 5.78 Å². The third-order valence-electron chi connectivity index (χ3n) is 13.9. The summed E-state index contributed by atoms with van der Waals surface area (Å²) in [4.78, 5) is 111. The number of carbonyl (C=O) groups excluding carboxylic acids is 6. The number of hydrogen-bond donors (Lipinski definition) is 7. The van der Waals surface area contributed by atoms with Gasteiger partial charge in [0.25, 0.3) is 6.47 Å². The van der Waals surface area contributed by atoms with Crippen LogP contribution in [-0.4, -0.2) is 139 Å². The minimum Gasteiger partial charge on any atom is -0.508 e. The number of phenols is 1. The Bertz CT molecular complexity index is 2710. The molecule has 4 aromatic rings. The molecule has 21 heteroatoms. The monoisotopic (exact) mass is 1110 g/mol. The number of aromatic hydroxyl groups is 1. The van der Waals surface area contributed by atoms with Gasteiger partial charge in [-0.05, 0) is 84.2 Å². The Morgan fingerprint density at radius 3 is 1.96 bits per heavy atom. The van der Waals surface area contributed by atoms with Crippen molar-refractivity contribution in [3.8, 4) is 5.75 Å². The third-order valence-corrected chi connectivity index (χ3v) is 14.2. The maximum Gasteiger partial charge on any atom is 0.317 e. The number of nitrogens with two attached hydrogens (primary N) is 1. The Kier molecular flexibility index (Phi) is 25.1. The maximum absolute atomic E-state index is 14.0. The molecule has 5 rings (SSSR count). The van der Waals surface area contributed by atoms with Gasteiger partial charge in [-0.3, -0.25) is 53.2 Å². The number of phenolic OH excluding ortho intramolecular Hbond substituents is 1.